The predicted molar refractivity (Wildman–Crippen MR) is 77.7 cm³/mol. The van der Waals surface area contributed by atoms with Crippen molar-refractivity contribution in [2.45, 2.75) is 39.2 Å². The molecule has 6 heteroatoms. The fourth-order valence-corrected chi connectivity index (χ4v) is 1.97. The molecule has 0 fully saturated rings. The monoisotopic (exact) mass is 279 g/mol. The van der Waals surface area contributed by atoms with Gasteiger partial charge in [0.15, 0.2) is 0 Å². The van der Waals surface area contributed by atoms with Gasteiger partial charge < -0.3 is 11.1 Å². The molecule has 6 nitrogen and oxygen atoms in total. The number of nitrogens with zero attached hydrogens (tertiary/aromatic N) is 1. The van der Waals surface area contributed by atoms with Crippen molar-refractivity contribution in [1.29, 1.82) is 0 Å². The number of hydrogen-bond acceptors (Lipinski definition) is 4. The van der Waals surface area contributed by atoms with Crippen LogP contribution in [-0.2, 0) is 0 Å². The number of nitro groups is 1. The number of hydrogen-bond donors (Lipinski definition) is 2. The van der Waals surface area contributed by atoms with Crippen LogP contribution in [0.25, 0.3) is 0 Å². The fourth-order valence-electron chi connectivity index (χ4n) is 1.97. The minimum Gasteiger partial charge on any atom is -0.348 e. The van der Waals surface area contributed by atoms with E-state index in [1.165, 1.54) is 18.2 Å². The molecular weight excluding hydrogens is 258 g/mol. The van der Waals surface area contributed by atoms with Crippen molar-refractivity contribution in [1.82, 2.24) is 5.32 Å². The van der Waals surface area contributed by atoms with E-state index in [4.69, 9.17) is 5.73 Å². The number of amides is 1. The number of rotatable bonds is 7. The Bertz CT molecular complexity index is 489. The summed E-state index contributed by atoms with van der Waals surface area (Å²) in [6, 6.07) is 4.29. The Labute approximate surface area is 118 Å². The van der Waals surface area contributed by atoms with Gasteiger partial charge in [-0.15, -0.1) is 0 Å². The summed E-state index contributed by atoms with van der Waals surface area (Å²) < 4.78 is 0. The summed E-state index contributed by atoms with van der Waals surface area (Å²) in [5.41, 5.74) is 6.54. The van der Waals surface area contributed by atoms with Crippen molar-refractivity contribution >= 4 is 11.6 Å². The molecule has 0 spiro atoms. The topological polar surface area (TPSA) is 98.3 Å². The first-order valence-corrected chi connectivity index (χ1v) is 6.75. The zero-order valence-corrected chi connectivity index (χ0v) is 11.9. The molecule has 1 aromatic rings. The van der Waals surface area contributed by atoms with Gasteiger partial charge in [-0.2, -0.15) is 0 Å². The van der Waals surface area contributed by atoms with Gasteiger partial charge in [0.05, 0.1) is 4.92 Å². The smallest absolute Gasteiger partial charge is 0.272 e. The SMILES string of the molecule is CCCCC(CN)NC(=O)c1ccc([N+](=O)[O-])c(C)c1. The number of carbonyl (C=O) groups is 1. The van der Waals surface area contributed by atoms with Crippen LogP contribution in [0.1, 0.15) is 42.1 Å². The molecule has 3 N–H and O–H groups in total. The first kappa shape index (κ1) is 16.1. The van der Waals surface area contributed by atoms with E-state index in [0.717, 1.165) is 19.3 Å². The molecule has 0 radical (unpaired) electrons. The van der Waals surface area contributed by atoms with Crippen LogP contribution in [0.5, 0.6) is 0 Å². The van der Waals surface area contributed by atoms with E-state index >= 15 is 0 Å². The molecule has 1 unspecified atom stereocenters. The molecule has 0 aliphatic rings. The fraction of sp³-hybridized carbons (Fsp3) is 0.500. The lowest BCUT2D eigenvalue weighted by molar-refractivity contribution is -0.385. The highest BCUT2D eigenvalue weighted by molar-refractivity contribution is 5.94. The Morgan fingerprint density at radius 2 is 2.20 bits per heavy atom. The lowest BCUT2D eigenvalue weighted by atomic mass is 10.1. The molecule has 0 aromatic heterocycles. The maximum absolute atomic E-state index is 12.1. The van der Waals surface area contributed by atoms with Gasteiger partial charge in [0.2, 0.25) is 0 Å². The van der Waals surface area contributed by atoms with E-state index in [9.17, 15) is 14.9 Å². The van der Waals surface area contributed by atoms with Gasteiger partial charge in [0.1, 0.15) is 0 Å². The van der Waals surface area contributed by atoms with Gasteiger partial charge >= 0.3 is 0 Å². The second kappa shape index (κ2) is 7.59. The molecule has 0 heterocycles. The van der Waals surface area contributed by atoms with Crippen LogP contribution < -0.4 is 11.1 Å². The molecule has 0 aliphatic heterocycles. The van der Waals surface area contributed by atoms with Crippen LogP contribution in [0, 0.1) is 17.0 Å². The molecule has 110 valence electrons. The first-order valence-electron chi connectivity index (χ1n) is 6.75. The quantitative estimate of drug-likeness (QED) is 0.590. The van der Waals surface area contributed by atoms with Gasteiger partial charge in [-0.1, -0.05) is 19.8 Å². The van der Waals surface area contributed by atoms with Gasteiger partial charge in [-0.3, -0.25) is 14.9 Å². The maximum Gasteiger partial charge on any atom is 0.272 e. The Morgan fingerprint density at radius 3 is 2.70 bits per heavy atom. The van der Waals surface area contributed by atoms with Gasteiger partial charge in [0.25, 0.3) is 11.6 Å². The number of unbranched alkanes of at least 4 members (excludes halogenated alkanes) is 1. The molecule has 0 aliphatic carbocycles. The van der Waals surface area contributed by atoms with Crippen LogP contribution in [0.4, 0.5) is 5.69 Å². The predicted octanol–water partition coefficient (Wildman–Crippen LogP) is 2.15. The Morgan fingerprint density at radius 1 is 1.50 bits per heavy atom. The molecule has 1 amide bonds. The molecule has 0 bridgehead atoms. The Hall–Kier alpha value is -1.95. The highest BCUT2D eigenvalue weighted by Gasteiger charge is 2.16. The van der Waals surface area contributed by atoms with Crippen LogP contribution >= 0.6 is 0 Å². The van der Waals surface area contributed by atoms with E-state index in [1.54, 1.807) is 6.92 Å². The van der Waals surface area contributed by atoms with E-state index in [1.807, 2.05) is 0 Å². The van der Waals surface area contributed by atoms with Crippen molar-refractivity contribution in [3.8, 4) is 0 Å². The van der Waals surface area contributed by atoms with E-state index in [2.05, 4.69) is 12.2 Å². The van der Waals surface area contributed by atoms with Crippen LogP contribution in [-0.4, -0.2) is 23.4 Å². The molecule has 1 aromatic carbocycles. The first-order chi connectivity index (χ1) is 9.49. The normalized spacial score (nSPS) is 11.9. The Balaban J connectivity index is 2.77. The molecule has 0 saturated carbocycles. The summed E-state index contributed by atoms with van der Waals surface area (Å²) in [5.74, 6) is -0.241. The minimum atomic E-state index is -0.457. The van der Waals surface area contributed by atoms with Crippen LogP contribution in [0.2, 0.25) is 0 Å². The molecule has 1 atom stereocenters. The third kappa shape index (κ3) is 4.31. The van der Waals surface area contributed by atoms with Gasteiger partial charge in [0, 0.05) is 29.8 Å². The van der Waals surface area contributed by atoms with Crippen LogP contribution in [0.3, 0.4) is 0 Å². The van der Waals surface area contributed by atoms with Crippen molar-refractivity contribution in [2.24, 2.45) is 5.73 Å². The lowest BCUT2D eigenvalue weighted by Gasteiger charge is -2.16. The third-order valence-electron chi connectivity index (χ3n) is 3.18. The Kier molecular flexibility index (Phi) is 6.11. The number of aryl methyl sites for hydroxylation is 1. The maximum atomic E-state index is 12.1. The standard InChI is InChI=1S/C14H21N3O3/c1-3-4-5-12(9-15)16-14(18)11-6-7-13(17(19)20)10(2)8-11/h6-8,12H,3-5,9,15H2,1-2H3,(H,16,18). The van der Waals surface area contributed by atoms with Gasteiger partial charge in [-0.05, 0) is 25.5 Å². The lowest BCUT2D eigenvalue weighted by Crippen LogP contribution is -2.40. The second-order valence-corrected chi connectivity index (χ2v) is 4.81. The summed E-state index contributed by atoms with van der Waals surface area (Å²) in [6.07, 6.45) is 2.88. The van der Waals surface area contributed by atoms with Crippen LogP contribution in [0.15, 0.2) is 18.2 Å². The van der Waals surface area contributed by atoms with Crippen molar-refractivity contribution in [3.63, 3.8) is 0 Å². The van der Waals surface area contributed by atoms with E-state index in [0.29, 0.717) is 17.7 Å². The van der Waals surface area contributed by atoms with Crippen molar-refractivity contribution in [3.05, 3.63) is 39.4 Å². The van der Waals surface area contributed by atoms with E-state index < -0.39 is 4.92 Å². The summed E-state index contributed by atoms with van der Waals surface area (Å²) in [5, 5.41) is 13.6. The minimum absolute atomic E-state index is 0.0166. The number of nitro benzene ring substituents is 1. The van der Waals surface area contributed by atoms with Crippen molar-refractivity contribution in [2.75, 3.05) is 6.54 Å². The average molecular weight is 279 g/mol. The third-order valence-corrected chi connectivity index (χ3v) is 3.18. The number of benzene rings is 1. The molecule has 0 saturated heterocycles. The van der Waals surface area contributed by atoms with Gasteiger partial charge in [-0.25, -0.2) is 0 Å². The second-order valence-electron chi connectivity index (χ2n) is 4.81. The van der Waals surface area contributed by atoms with E-state index in [-0.39, 0.29) is 17.6 Å². The largest absolute Gasteiger partial charge is 0.348 e. The highest BCUT2D eigenvalue weighted by atomic mass is 16.6. The summed E-state index contributed by atoms with van der Waals surface area (Å²) in [4.78, 5) is 22.4. The van der Waals surface area contributed by atoms with Crippen molar-refractivity contribution < 1.29 is 9.72 Å². The summed E-state index contributed by atoms with van der Waals surface area (Å²) in [6.45, 7) is 4.08. The number of nitrogens with one attached hydrogen (secondary N) is 1. The number of carbonyl (C=O) groups excluding carboxylic acids is 1. The zero-order chi connectivity index (χ0) is 15.1. The number of nitrogens with two attached hydrogens (primary N) is 1. The summed E-state index contributed by atoms with van der Waals surface area (Å²) >= 11 is 0. The highest BCUT2D eigenvalue weighted by Crippen LogP contribution is 2.18. The summed E-state index contributed by atoms with van der Waals surface area (Å²) in [7, 11) is 0. The zero-order valence-electron chi connectivity index (χ0n) is 11.9. The molecular formula is C14H21N3O3. The molecule has 1 rings (SSSR count). The molecule has 20 heavy (non-hydrogen) atoms. The average Bonchev–Trinajstić information content (AvgIpc) is 2.42.